The van der Waals surface area contributed by atoms with Gasteiger partial charge in [-0.25, -0.2) is 4.79 Å². The third kappa shape index (κ3) is 10.4. The van der Waals surface area contributed by atoms with E-state index < -0.39 is 72.5 Å². The van der Waals surface area contributed by atoms with Crippen molar-refractivity contribution < 1.29 is 33.9 Å². The maximum absolute atomic E-state index is 13.1. The topological polar surface area (TPSA) is 317 Å². The van der Waals surface area contributed by atoms with E-state index in [1.54, 1.807) is 6.20 Å². The van der Waals surface area contributed by atoms with E-state index in [0.29, 0.717) is 0 Å². The molecule has 1 aromatic heterocycles. The molecule has 0 fully saturated rings. The number of aliphatic imine (C=N–C) groups is 1. The minimum Gasteiger partial charge on any atom is -0.480 e. The average Bonchev–Trinajstić information content (AvgIpc) is 3.31. The molecule has 0 saturated heterocycles. The van der Waals surface area contributed by atoms with Gasteiger partial charge in [0.1, 0.15) is 18.1 Å². The van der Waals surface area contributed by atoms with E-state index in [1.165, 1.54) is 0 Å². The number of fused-ring (bicyclic) bond motifs is 1. The van der Waals surface area contributed by atoms with Crippen molar-refractivity contribution in [2.24, 2.45) is 33.7 Å². The number of carboxylic acids is 1. The van der Waals surface area contributed by atoms with Crippen molar-refractivity contribution >= 4 is 52.4 Å². The Morgan fingerprint density at radius 2 is 1.38 bits per heavy atom. The molecule has 228 valence electrons. The molecule has 0 aliphatic rings. The summed E-state index contributed by atoms with van der Waals surface area (Å²) in [5, 5.41) is 17.1. The number of nitrogens with zero attached hydrogens (tertiary/aromatic N) is 1. The first-order chi connectivity index (χ1) is 19.8. The molecule has 2 aromatic rings. The number of aromatic amines is 1. The molecule has 15 N–H and O–H groups in total. The number of amides is 5. The van der Waals surface area contributed by atoms with Gasteiger partial charge in [0.2, 0.25) is 29.5 Å². The molecule has 0 aliphatic heterocycles. The molecule has 0 aliphatic carbocycles. The van der Waals surface area contributed by atoms with Crippen molar-refractivity contribution in [3.8, 4) is 0 Å². The van der Waals surface area contributed by atoms with Gasteiger partial charge < -0.3 is 54.7 Å². The third-order valence-corrected chi connectivity index (χ3v) is 6.09. The quantitative estimate of drug-likeness (QED) is 0.0491. The van der Waals surface area contributed by atoms with Crippen LogP contribution in [0.5, 0.6) is 0 Å². The number of nitrogens with one attached hydrogen (secondary N) is 4. The van der Waals surface area contributed by atoms with E-state index >= 15 is 0 Å². The van der Waals surface area contributed by atoms with Gasteiger partial charge in [0, 0.05) is 23.6 Å². The minimum absolute atomic E-state index is 0.0796. The average molecular weight is 589 g/mol. The highest BCUT2D eigenvalue weighted by molar-refractivity contribution is 5.97. The smallest absolute Gasteiger partial charge is 0.326 e. The molecule has 17 nitrogen and oxygen atoms in total. The zero-order chi connectivity index (χ0) is 31.4. The SMILES string of the molecule is NC(=O)CC(NC(=O)C(N)Cc1c[nH]c2ccccc12)C(=O)NC(CC(N)=O)C(=O)NC(CCCN=C(N)N)C(=O)O. The van der Waals surface area contributed by atoms with Crippen LogP contribution in [0, 0.1) is 0 Å². The van der Waals surface area contributed by atoms with Gasteiger partial charge in [0.05, 0.1) is 18.9 Å². The fraction of sp³-hybridized carbons (Fsp3) is 0.400. The lowest BCUT2D eigenvalue weighted by molar-refractivity contribution is -0.142. The monoisotopic (exact) mass is 588 g/mol. The summed E-state index contributed by atoms with van der Waals surface area (Å²) in [5.74, 6) is -6.41. The number of benzene rings is 1. The predicted octanol–water partition coefficient (Wildman–Crippen LogP) is -3.62. The molecule has 17 heteroatoms. The maximum Gasteiger partial charge on any atom is 0.326 e. The van der Waals surface area contributed by atoms with Gasteiger partial charge >= 0.3 is 5.97 Å². The highest BCUT2D eigenvalue weighted by Gasteiger charge is 2.32. The van der Waals surface area contributed by atoms with E-state index in [2.05, 4.69) is 25.9 Å². The molecule has 0 spiro atoms. The summed E-state index contributed by atoms with van der Waals surface area (Å²) in [7, 11) is 0. The Kier molecular flexibility index (Phi) is 12.2. The number of carbonyl (C=O) groups excluding carboxylic acids is 5. The Balaban J connectivity index is 2.11. The number of hydrogen-bond acceptors (Lipinski definition) is 8. The summed E-state index contributed by atoms with van der Waals surface area (Å²) in [6.07, 6.45) is 0.522. The lowest BCUT2D eigenvalue weighted by Crippen LogP contribution is -2.58. The number of rotatable bonds is 17. The van der Waals surface area contributed by atoms with Gasteiger partial charge in [-0.3, -0.25) is 29.0 Å². The Morgan fingerprint density at radius 3 is 1.93 bits per heavy atom. The first kappa shape index (κ1) is 33.0. The number of hydrogen-bond donors (Lipinski definition) is 10. The van der Waals surface area contributed by atoms with Crippen molar-refractivity contribution in [2.75, 3.05) is 6.54 Å². The molecule has 4 unspecified atom stereocenters. The molecule has 42 heavy (non-hydrogen) atoms. The van der Waals surface area contributed by atoms with Crippen molar-refractivity contribution in [1.29, 1.82) is 0 Å². The Morgan fingerprint density at radius 1 is 0.833 bits per heavy atom. The lowest BCUT2D eigenvalue weighted by atomic mass is 10.0. The molecule has 0 bridgehead atoms. The second-order valence-electron chi connectivity index (χ2n) is 9.48. The molecular formula is C25H36N10O7. The first-order valence-electron chi connectivity index (χ1n) is 12.8. The van der Waals surface area contributed by atoms with Crippen LogP contribution in [0.4, 0.5) is 0 Å². The fourth-order valence-electron chi connectivity index (χ4n) is 4.04. The summed E-state index contributed by atoms with van der Waals surface area (Å²) in [6.45, 7) is 0.0976. The largest absolute Gasteiger partial charge is 0.480 e. The second kappa shape index (κ2) is 15.6. The van der Waals surface area contributed by atoms with Crippen LogP contribution in [0.3, 0.4) is 0 Å². The summed E-state index contributed by atoms with van der Waals surface area (Å²) in [4.78, 5) is 80.5. The molecule has 1 heterocycles. The van der Waals surface area contributed by atoms with Gasteiger partial charge in [0.15, 0.2) is 5.96 Å². The van der Waals surface area contributed by atoms with Crippen LogP contribution >= 0.6 is 0 Å². The van der Waals surface area contributed by atoms with Gasteiger partial charge in [-0.05, 0) is 30.9 Å². The molecule has 4 atom stereocenters. The standard InChI is InChI=1S/C25H36N10O7/c26-14(8-12-11-32-15-5-2-1-4-13(12)15)21(38)34-17(9-19(27)36)23(40)35-18(10-20(28)37)22(39)33-16(24(41)42)6-3-7-31-25(29)30/h1-2,4-5,11,14,16-18,32H,3,6-10,26H2,(H2,27,36)(H2,28,37)(H,33,39)(H,34,38)(H,35,40)(H,41,42)(H4,29,30,31). The molecule has 5 amide bonds. The van der Waals surface area contributed by atoms with Gasteiger partial charge in [0.25, 0.3) is 0 Å². The summed E-state index contributed by atoms with van der Waals surface area (Å²) in [5.41, 5.74) is 28.6. The first-order valence-corrected chi connectivity index (χ1v) is 12.8. The van der Waals surface area contributed by atoms with Crippen LogP contribution in [0.2, 0.25) is 0 Å². The zero-order valence-electron chi connectivity index (χ0n) is 22.7. The zero-order valence-corrected chi connectivity index (χ0v) is 22.7. The van der Waals surface area contributed by atoms with Crippen molar-refractivity contribution in [3.05, 3.63) is 36.0 Å². The number of aromatic nitrogens is 1. The molecule has 0 radical (unpaired) electrons. The number of guanidine groups is 1. The number of primary amides is 2. The number of aliphatic carboxylic acids is 1. The fourth-order valence-corrected chi connectivity index (χ4v) is 4.04. The minimum atomic E-state index is -1.64. The highest BCUT2D eigenvalue weighted by Crippen LogP contribution is 2.18. The molecule has 0 saturated carbocycles. The van der Waals surface area contributed by atoms with Crippen LogP contribution in [-0.2, 0) is 35.2 Å². The van der Waals surface area contributed by atoms with Crippen LogP contribution < -0.4 is 44.6 Å². The van der Waals surface area contributed by atoms with E-state index in [9.17, 15) is 33.9 Å². The Labute approximate surface area is 240 Å². The maximum atomic E-state index is 13.1. The highest BCUT2D eigenvalue weighted by atomic mass is 16.4. The second-order valence-corrected chi connectivity index (χ2v) is 9.48. The van der Waals surface area contributed by atoms with Gasteiger partial charge in [-0.2, -0.15) is 0 Å². The third-order valence-electron chi connectivity index (χ3n) is 6.09. The summed E-state index contributed by atoms with van der Waals surface area (Å²) < 4.78 is 0. The van der Waals surface area contributed by atoms with E-state index in [0.717, 1.165) is 16.5 Å². The lowest BCUT2D eigenvalue weighted by Gasteiger charge is -2.24. The van der Waals surface area contributed by atoms with Crippen LogP contribution in [-0.4, -0.2) is 82.3 Å². The molecule has 2 rings (SSSR count). The van der Waals surface area contributed by atoms with Crippen molar-refractivity contribution in [3.63, 3.8) is 0 Å². The van der Waals surface area contributed by atoms with E-state index in [1.807, 2.05) is 24.3 Å². The summed E-state index contributed by atoms with van der Waals surface area (Å²) >= 11 is 0. The number of H-pyrrole nitrogens is 1. The molecule has 1 aromatic carbocycles. The Bertz CT molecular complexity index is 1340. The number of carboxylic acid groups (broad SMARTS) is 1. The number of nitrogens with two attached hydrogens (primary N) is 5. The normalized spacial score (nSPS) is 13.6. The van der Waals surface area contributed by atoms with Gasteiger partial charge in [-0.1, -0.05) is 18.2 Å². The molecular weight excluding hydrogens is 552 g/mol. The van der Waals surface area contributed by atoms with E-state index in [4.69, 9.17) is 28.7 Å². The number of carbonyl (C=O) groups is 6. The summed E-state index contributed by atoms with van der Waals surface area (Å²) in [6, 6.07) is 1.60. The van der Waals surface area contributed by atoms with Crippen molar-refractivity contribution in [2.45, 2.75) is 56.3 Å². The van der Waals surface area contributed by atoms with Crippen LogP contribution in [0.25, 0.3) is 10.9 Å². The van der Waals surface area contributed by atoms with Crippen LogP contribution in [0.1, 0.15) is 31.2 Å². The Hall–Kier alpha value is -5.19. The van der Waals surface area contributed by atoms with E-state index in [-0.39, 0.29) is 31.8 Å². The predicted molar refractivity (Wildman–Crippen MR) is 151 cm³/mol. The van der Waals surface area contributed by atoms with Crippen LogP contribution in [0.15, 0.2) is 35.5 Å². The van der Waals surface area contributed by atoms with Crippen molar-refractivity contribution in [1.82, 2.24) is 20.9 Å². The van der Waals surface area contributed by atoms with Gasteiger partial charge in [-0.15, -0.1) is 0 Å². The number of para-hydroxylation sites is 1.